The predicted molar refractivity (Wildman–Crippen MR) is 108 cm³/mol. The van der Waals surface area contributed by atoms with Crippen LogP contribution in [0.5, 0.6) is 0 Å². The highest BCUT2D eigenvalue weighted by molar-refractivity contribution is 5.94. The maximum absolute atomic E-state index is 13.4. The van der Waals surface area contributed by atoms with E-state index in [1.807, 2.05) is 0 Å². The van der Waals surface area contributed by atoms with E-state index < -0.39 is 0 Å². The van der Waals surface area contributed by atoms with E-state index in [9.17, 15) is 14.0 Å². The van der Waals surface area contributed by atoms with Crippen molar-refractivity contribution >= 4 is 11.8 Å². The van der Waals surface area contributed by atoms with Crippen LogP contribution in [-0.2, 0) is 4.79 Å². The van der Waals surface area contributed by atoms with Gasteiger partial charge in [-0.3, -0.25) is 14.6 Å². The third kappa shape index (κ3) is 5.60. The monoisotopic (exact) mass is 399 g/mol. The number of nitrogens with zero attached hydrogens (tertiary/aromatic N) is 1. The molecule has 1 aliphatic carbocycles. The number of carbonyl (C=O) groups is 2. The topological polar surface area (TPSA) is 91.3 Å². The molecule has 0 aliphatic heterocycles. The standard InChI is InChI=1S/C22H26FN3O3/c1-14(13-27)25-21(28)16-5-3-7-19(11-16)26-22(29)17-8-9-20(24-12-17)15-4-2-6-18(23)10-15/h2,4,6,8-10,12,14,16,19,27H,3,5,7,11,13H2,1H3,(H,25,28)(H,26,29)/t14-,16-,19+/m0/s1. The van der Waals surface area contributed by atoms with Crippen molar-refractivity contribution in [2.75, 3.05) is 6.61 Å². The number of rotatable bonds is 6. The van der Waals surface area contributed by atoms with Gasteiger partial charge in [0, 0.05) is 29.8 Å². The number of benzene rings is 1. The normalized spacial score (nSPS) is 20.0. The fourth-order valence-corrected chi connectivity index (χ4v) is 3.58. The lowest BCUT2D eigenvalue weighted by Crippen LogP contribution is -2.45. The molecule has 2 amide bonds. The molecule has 1 heterocycles. The number of aliphatic hydroxyl groups excluding tert-OH is 1. The lowest BCUT2D eigenvalue weighted by molar-refractivity contribution is -0.127. The molecule has 0 spiro atoms. The van der Waals surface area contributed by atoms with Gasteiger partial charge in [0.15, 0.2) is 0 Å². The van der Waals surface area contributed by atoms with Crippen molar-refractivity contribution in [3.63, 3.8) is 0 Å². The Hall–Kier alpha value is -2.80. The van der Waals surface area contributed by atoms with Crippen molar-refractivity contribution in [3.8, 4) is 11.3 Å². The zero-order chi connectivity index (χ0) is 20.8. The first kappa shape index (κ1) is 20.9. The number of amides is 2. The zero-order valence-corrected chi connectivity index (χ0v) is 16.4. The second-order valence-corrected chi connectivity index (χ2v) is 7.57. The van der Waals surface area contributed by atoms with E-state index in [-0.39, 0.29) is 42.2 Å². The molecule has 1 fully saturated rings. The zero-order valence-electron chi connectivity index (χ0n) is 16.4. The Labute approximate surface area is 169 Å². The quantitative estimate of drug-likeness (QED) is 0.697. The van der Waals surface area contributed by atoms with E-state index in [1.54, 1.807) is 31.2 Å². The molecule has 1 aromatic carbocycles. The minimum atomic E-state index is -0.338. The Kier molecular flexibility index (Phi) is 6.93. The SMILES string of the molecule is C[C@@H](CO)NC(=O)[C@H]1CCC[C@@H](NC(=O)c2ccc(-c3cccc(F)c3)nc2)C1. The van der Waals surface area contributed by atoms with Gasteiger partial charge in [-0.1, -0.05) is 18.6 Å². The van der Waals surface area contributed by atoms with Crippen molar-refractivity contribution in [3.05, 3.63) is 54.0 Å². The summed E-state index contributed by atoms with van der Waals surface area (Å²) in [6.45, 7) is 1.65. The molecule has 3 rings (SSSR count). The van der Waals surface area contributed by atoms with Crippen LogP contribution >= 0.6 is 0 Å². The molecule has 1 aromatic heterocycles. The lowest BCUT2D eigenvalue weighted by Gasteiger charge is -2.29. The van der Waals surface area contributed by atoms with Crippen LogP contribution in [0.2, 0.25) is 0 Å². The van der Waals surface area contributed by atoms with Gasteiger partial charge >= 0.3 is 0 Å². The highest BCUT2D eigenvalue weighted by Crippen LogP contribution is 2.25. The highest BCUT2D eigenvalue weighted by Gasteiger charge is 2.28. The van der Waals surface area contributed by atoms with Crippen LogP contribution in [0.1, 0.15) is 43.0 Å². The number of hydrogen-bond acceptors (Lipinski definition) is 4. The minimum absolute atomic E-state index is 0.0772. The third-order valence-corrected chi connectivity index (χ3v) is 5.19. The van der Waals surface area contributed by atoms with Crippen molar-refractivity contribution in [1.29, 1.82) is 0 Å². The summed E-state index contributed by atoms with van der Waals surface area (Å²) >= 11 is 0. The molecular weight excluding hydrogens is 373 g/mol. The minimum Gasteiger partial charge on any atom is -0.394 e. The second kappa shape index (κ2) is 9.60. The summed E-state index contributed by atoms with van der Waals surface area (Å²) in [6, 6.07) is 9.13. The van der Waals surface area contributed by atoms with Gasteiger partial charge in [-0.25, -0.2) is 4.39 Å². The molecule has 29 heavy (non-hydrogen) atoms. The molecule has 1 saturated carbocycles. The second-order valence-electron chi connectivity index (χ2n) is 7.57. The van der Waals surface area contributed by atoms with E-state index in [2.05, 4.69) is 15.6 Å². The fraction of sp³-hybridized carbons (Fsp3) is 0.409. The Balaban J connectivity index is 1.59. The smallest absolute Gasteiger partial charge is 0.253 e. The molecule has 154 valence electrons. The van der Waals surface area contributed by atoms with Crippen LogP contribution in [0, 0.1) is 11.7 Å². The molecule has 3 atom stereocenters. The van der Waals surface area contributed by atoms with Gasteiger partial charge in [0.25, 0.3) is 5.91 Å². The molecule has 1 aliphatic rings. The number of halogens is 1. The van der Waals surface area contributed by atoms with Crippen LogP contribution < -0.4 is 10.6 Å². The Bertz CT molecular complexity index is 857. The molecule has 7 heteroatoms. The Morgan fingerprint density at radius 1 is 1.28 bits per heavy atom. The van der Waals surface area contributed by atoms with Gasteiger partial charge in [-0.05, 0) is 50.5 Å². The van der Waals surface area contributed by atoms with Crippen LogP contribution in [0.3, 0.4) is 0 Å². The first-order valence-corrected chi connectivity index (χ1v) is 9.90. The van der Waals surface area contributed by atoms with Crippen molar-refractivity contribution < 1.29 is 19.1 Å². The van der Waals surface area contributed by atoms with E-state index in [0.717, 1.165) is 19.3 Å². The van der Waals surface area contributed by atoms with E-state index in [4.69, 9.17) is 5.11 Å². The first-order chi connectivity index (χ1) is 14.0. The van der Waals surface area contributed by atoms with Crippen LogP contribution in [0.4, 0.5) is 4.39 Å². The van der Waals surface area contributed by atoms with Gasteiger partial charge in [0.2, 0.25) is 5.91 Å². The van der Waals surface area contributed by atoms with Gasteiger partial charge in [0.05, 0.1) is 17.9 Å². The number of hydrogen-bond donors (Lipinski definition) is 3. The van der Waals surface area contributed by atoms with Crippen molar-refractivity contribution in [1.82, 2.24) is 15.6 Å². The molecule has 0 radical (unpaired) electrons. The van der Waals surface area contributed by atoms with Crippen LogP contribution in [0.25, 0.3) is 11.3 Å². The molecule has 2 aromatic rings. The van der Waals surface area contributed by atoms with Gasteiger partial charge in [0.1, 0.15) is 5.82 Å². The fourth-order valence-electron chi connectivity index (χ4n) is 3.58. The Morgan fingerprint density at radius 2 is 2.10 bits per heavy atom. The molecule has 3 N–H and O–H groups in total. The van der Waals surface area contributed by atoms with Crippen molar-refractivity contribution in [2.24, 2.45) is 5.92 Å². The largest absolute Gasteiger partial charge is 0.394 e. The molecule has 0 saturated heterocycles. The van der Waals surface area contributed by atoms with E-state index in [1.165, 1.54) is 18.3 Å². The van der Waals surface area contributed by atoms with Crippen LogP contribution in [0.15, 0.2) is 42.6 Å². The Morgan fingerprint density at radius 3 is 2.79 bits per heavy atom. The average molecular weight is 399 g/mol. The molecule has 0 bridgehead atoms. The summed E-state index contributed by atoms with van der Waals surface area (Å²) in [5.41, 5.74) is 1.66. The number of carbonyl (C=O) groups excluding carboxylic acids is 2. The predicted octanol–water partition coefficient (Wildman–Crippen LogP) is 2.67. The number of aliphatic hydroxyl groups is 1. The first-order valence-electron chi connectivity index (χ1n) is 9.90. The summed E-state index contributed by atoms with van der Waals surface area (Å²) in [6.07, 6.45) is 4.50. The molecule has 6 nitrogen and oxygen atoms in total. The van der Waals surface area contributed by atoms with Gasteiger partial charge in [-0.15, -0.1) is 0 Å². The number of pyridine rings is 1. The van der Waals surface area contributed by atoms with Gasteiger partial charge < -0.3 is 15.7 Å². The maximum Gasteiger partial charge on any atom is 0.253 e. The summed E-state index contributed by atoms with van der Waals surface area (Å²) in [5, 5.41) is 14.9. The summed E-state index contributed by atoms with van der Waals surface area (Å²) in [5.74, 6) is -0.823. The summed E-state index contributed by atoms with van der Waals surface area (Å²) in [4.78, 5) is 29.1. The summed E-state index contributed by atoms with van der Waals surface area (Å²) < 4.78 is 13.4. The maximum atomic E-state index is 13.4. The lowest BCUT2D eigenvalue weighted by atomic mass is 9.85. The number of nitrogens with one attached hydrogen (secondary N) is 2. The van der Waals surface area contributed by atoms with Crippen LogP contribution in [-0.4, -0.2) is 40.6 Å². The highest BCUT2D eigenvalue weighted by atomic mass is 19.1. The van der Waals surface area contributed by atoms with Crippen molar-refractivity contribution in [2.45, 2.75) is 44.7 Å². The van der Waals surface area contributed by atoms with Gasteiger partial charge in [-0.2, -0.15) is 0 Å². The summed E-state index contributed by atoms with van der Waals surface area (Å²) in [7, 11) is 0. The number of aromatic nitrogens is 1. The van der Waals surface area contributed by atoms with E-state index in [0.29, 0.717) is 23.2 Å². The molecular formula is C22H26FN3O3. The molecule has 0 unspecified atom stereocenters. The van der Waals surface area contributed by atoms with E-state index >= 15 is 0 Å². The average Bonchev–Trinajstić information content (AvgIpc) is 2.74. The third-order valence-electron chi connectivity index (χ3n) is 5.19.